The average Bonchev–Trinajstić information content (AvgIpc) is 3.36. The molecule has 1 saturated heterocycles. The monoisotopic (exact) mass is 644 g/mol. The second kappa shape index (κ2) is 14.8. The van der Waals surface area contributed by atoms with Crippen molar-refractivity contribution in [1.29, 1.82) is 0 Å². The van der Waals surface area contributed by atoms with Gasteiger partial charge in [0.15, 0.2) is 0 Å². The molecule has 248 valence electrons. The van der Waals surface area contributed by atoms with Crippen LogP contribution in [0.3, 0.4) is 0 Å². The van der Waals surface area contributed by atoms with Gasteiger partial charge in [0.2, 0.25) is 17.7 Å². The Morgan fingerprint density at radius 3 is 2.31 bits per heavy atom. The molecule has 4 amide bonds. The zero-order valence-corrected chi connectivity index (χ0v) is 28.3. The van der Waals surface area contributed by atoms with Gasteiger partial charge in [-0.05, 0) is 66.9 Å². The molecular formula is C32H49BN4O7S. The second-order valence-corrected chi connectivity index (χ2v) is 14.6. The topological polar surface area (TPSA) is 144 Å². The highest BCUT2D eigenvalue weighted by molar-refractivity contribution is 7.98. The minimum Gasteiger partial charge on any atom is -0.453 e. The second-order valence-electron chi connectivity index (χ2n) is 13.6. The molecule has 0 aromatic heterocycles. The first-order chi connectivity index (χ1) is 21.3. The molecule has 2 unspecified atom stereocenters. The molecule has 0 radical (unpaired) electrons. The number of amides is 4. The molecule has 45 heavy (non-hydrogen) atoms. The Bertz CT molecular complexity index is 1220. The van der Waals surface area contributed by atoms with E-state index in [-0.39, 0.29) is 41.8 Å². The van der Waals surface area contributed by atoms with Crippen LogP contribution >= 0.6 is 11.8 Å². The molecule has 4 fully saturated rings. The van der Waals surface area contributed by atoms with Crippen molar-refractivity contribution >= 4 is 42.7 Å². The molecule has 4 aliphatic rings. The predicted octanol–water partition coefficient (Wildman–Crippen LogP) is 2.72. The first kappa shape index (κ1) is 35.1. The number of rotatable bonds is 14. The Morgan fingerprint density at radius 1 is 1.00 bits per heavy atom. The van der Waals surface area contributed by atoms with Gasteiger partial charge < -0.3 is 35.3 Å². The van der Waals surface area contributed by atoms with Crippen molar-refractivity contribution in [3.63, 3.8) is 0 Å². The molecule has 11 nitrogen and oxygen atoms in total. The van der Waals surface area contributed by atoms with Gasteiger partial charge in [0.05, 0.1) is 25.3 Å². The van der Waals surface area contributed by atoms with Crippen molar-refractivity contribution in [2.24, 2.45) is 23.2 Å². The zero-order valence-electron chi connectivity index (χ0n) is 27.5. The first-order valence-electron chi connectivity index (χ1n) is 15.9. The lowest BCUT2D eigenvalue weighted by Crippen LogP contribution is -2.65. The summed E-state index contributed by atoms with van der Waals surface area (Å²) in [6.07, 6.45) is 4.06. The van der Waals surface area contributed by atoms with Crippen molar-refractivity contribution < 1.29 is 33.2 Å². The van der Waals surface area contributed by atoms with Gasteiger partial charge in [-0.15, -0.1) is 0 Å². The largest absolute Gasteiger partial charge is 0.478 e. The van der Waals surface area contributed by atoms with Crippen LogP contribution in [0.2, 0.25) is 0 Å². The molecule has 1 aromatic carbocycles. The van der Waals surface area contributed by atoms with Crippen LogP contribution in [0.15, 0.2) is 30.3 Å². The van der Waals surface area contributed by atoms with Crippen molar-refractivity contribution in [1.82, 2.24) is 21.3 Å². The number of alkyl carbamates (subject to hydrolysis) is 1. The molecule has 13 heteroatoms. The van der Waals surface area contributed by atoms with Crippen LogP contribution in [0.4, 0.5) is 4.79 Å². The summed E-state index contributed by atoms with van der Waals surface area (Å²) in [6, 6.07) is 6.54. The average molecular weight is 645 g/mol. The van der Waals surface area contributed by atoms with Gasteiger partial charge in [-0.2, -0.15) is 11.8 Å². The Balaban J connectivity index is 1.42. The molecule has 7 atom stereocenters. The Labute approximate surface area is 271 Å². The summed E-state index contributed by atoms with van der Waals surface area (Å²) in [5, 5.41) is 11.2. The molecule has 4 N–H and O–H groups in total. The summed E-state index contributed by atoms with van der Waals surface area (Å²) >= 11 is 1.57. The summed E-state index contributed by atoms with van der Waals surface area (Å²) in [7, 11) is 0.661. The van der Waals surface area contributed by atoms with Gasteiger partial charge >= 0.3 is 13.2 Å². The van der Waals surface area contributed by atoms with Crippen LogP contribution in [-0.4, -0.2) is 86.3 Å². The van der Waals surface area contributed by atoms with Crippen molar-refractivity contribution in [2.45, 2.75) is 90.1 Å². The van der Waals surface area contributed by atoms with E-state index < -0.39 is 43.2 Å². The predicted molar refractivity (Wildman–Crippen MR) is 174 cm³/mol. The lowest BCUT2D eigenvalue weighted by atomic mass is 9.43. The highest BCUT2D eigenvalue weighted by Gasteiger charge is 2.67. The number of ether oxygens (including phenoxy) is 1. The van der Waals surface area contributed by atoms with Gasteiger partial charge in [0, 0.05) is 6.42 Å². The fourth-order valence-electron chi connectivity index (χ4n) is 7.16. The third-order valence-electron chi connectivity index (χ3n) is 10.0. The smallest absolute Gasteiger partial charge is 0.453 e. The van der Waals surface area contributed by atoms with Gasteiger partial charge in [-0.1, -0.05) is 58.0 Å². The normalized spacial score (nSPS) is 26.5. The zero-order chi connectivity index (χ0) is 32.9. The number of nitrogens with one attached hydrogen (secondary N) is 4. The van der Waals surface area contributed by atoms with Gasteiger partial charge in [-0.25, -0.2) is 4.79 Å². The fourth-order valence-corrected chi connectivity index (χ4v) is 7.63. The SMILES string of the molecule is COC(=O)N[C@H](C(=O)NC(Cc1ccccc1)C(=O)N[C@@H](CCSC)C(=O)NCB1O[C@@H]2C[C@@H]3CC(C3(C)C)[C@]2(C)O1)C(C)C. The van der Waals surface area contributed by atoms with Crippen LogP contribution in [-0.2, 0) is 34.9 Å². The molecule has 1 heterocycles. The summed E-state index contributed by atoms with van der Waals surface area (Å²) in [5.41, 5.74) is 0.673. The third kappa shape index (κ3) is 7.97. The number of benzene rings is 1. The summed E-state index contributed by atoms with van der Waals surface area (Å²) in [6.45, 7) is 10.3. The lowest BCUT2D eigenvalue weighted by Gasteiger charge is -2.64. The Kier molecular flexibility index (Phi) is 11.5. The molecule has 1 aliphatic heterocycles. The van der Waals surface area contributed by atoms with Gasteiger partial charge in [0.1, 0.15) is 18.1 Å². The standard InChI is InChI=1S/C32H49BN4O7S/c1-19(2)26(37-30(41)42-6)29(40)36-23(15-20-11-9-8-10-12-20)28(39)35-22(13-14-45-7)27(38)34-18-33-43-25-17-21-16-24(31(21,3)4)32(25,5)44-33/h8-12,19,21-26H,13-18H2,1-7H3,(H,34,38)(H,35,39)(H,36,40)(H,37,41)/t21-,22-,23?,24?,25+,26-,32-/m0/s1. The summed E-state index contributed by atoms with van der Waals surface area (Å²) in [5.74, 6) is 0.0459. The van der Waals surface area contributed by atoms with E-state index in [1.165, 1.54) is 7.11 Å². The number of methoxy groups -OCH3 is 1. The van der Waals surface area contributed by atoms with Gasteiger partial charge in [-0.3, -0.25) is 14.4 Å². The molecule has 5 rings (SSSR count). The van der Waals surface area contributed by atoms with Crippen LogP contribution in [0.5, 0.6) is 0 Å². The van der Waals surface area contributed by atoms with Gasteiger partial charge in [0.25, 0.3) is 0 Å². The van der Waals surface area contributed by atoms with E-state index in [1.807, 2.05) is 36.6 Å². The molecule has 0 spiro atoms. The van der Waals surface area contributed by atoms with Crippen LogP contribution in [0.25, 0.3) is 0 Å². The minimum atomic E-state index is -0.996. The summed E-state index contributed by atoms with van der Waals surface area (Å²) in [4.78, 5) is 52.4. The van der Waals surface area contributed by atoms with Crippen molar-refractivity contribution in [3.05, 3.63) is 35.9 Å². The van der Waals surface area contributed by atoms with E-state index in [0.29, 0.717) is 24.0 Å². The molecule has 2 bridgehead atoms. The molecular weight excluding hydrogens is 595 g/mol. The fraction of sp³-hybridized carbons (Fsp3) is 0.688. The van der Waals surface area contributed by atoms with Crippen molar-refractivity contribution in [3.8, 4) is 0 Å². The van der Waals surface area contributed by atoms with Crippen molar-refractivity contribution in [2.75, 3.05) is 25.6 Å². The van der Waals surface area contributed by atoms with Crippen LogP contribution in [0.1, 0.15) is 59.4 Å². The Morgan fingerprint density at radius 2 is 1.69 bits per heavy atom. The van der Waals surface area contributed by atoms with E-state index in [1.54, 1.807) is 25.6 Å². The molecule has 3 saturated carbocycles. The highest BCUT2D eigenvalue weighted by Crippen LogP contribution is 2.65. The van der Waals surface area contributed by atoms with E-state index in [9.17, 15) is 19.2 Å². The maximum atomic E-state index is 13.7. The number of hydrogen-bond acceptors (Lipinski definition) is 8. The Hall–Kier alpha value is -2.77. The number of carbonyl (C=O) groups is 4. The van der Waals surface area contributed by atoms with E-state index in [2.05, 4.69) is 46.8 Å². The quantitative estimate of drug-likeness (QED) is 0.227. The van der Waals surface area contributed by atoms with E-state index in [4.69, 9.17) is 9.31 Å². The van der Waals surface area contributed by atoms with E-state index >= 15 is 0 Å². The maximum Gasteiger partial charge on any atom is 0.478 e. The highest BCUT2D eigenvalue weighted by atomic mass is 32.2. The number of thioether (sulfide) groups is 1. The number of carbonyl (C=O) groups excluding carboxylic acids is 4. The van der Waals surface area contributed by atoms with Crippen LogP contribution < -0.4 is 21.3 Å². The lowest BCUT2D eigenvalue weighted by molar-refractivity contribution is -0.199. The van der Waals surface area contributed by atoms with E-state index in [0.717, 1.165) is 18.4 Å². The minimum absolute atomic E-state index is 0.00821. The number of hydrogen-bond donors (Lipinski definition) is 4. The third-order valence-corrected chi connectivity index (χ3v) is 10.7. The first-order valence-corrected chi connectivity index (χ1v) is 17.3. The molecule has 3 aliphatic carbocycles. The summed E-state index contributed by atoms with van der Waals surface area (Å²) < 4.78 is 17.4. The van der Waals surface area contributed by atoms with Crippen LogP contribution in [0, 0.1) is 23.2 Å². The molecule has 1 aromatic rings. The maximum absolute atomic E-state index is 13.7.